The van der Waals surface area contributed by atoms with Gasteiger partial charge in [0.1, 0.15) is 5.75 Å². The summed E-state index contributed by atoms with van der Waals surface area (Å²) >= 11 is 0. The van der Waals surface area contributed by atoms with Gasteiger partial charge in [-0.15, -0.1) is 0 Å². The van der Waals surface area contributed by atoms with E-state index in [2.05, 4.69) is 0 Å². The molecule has 1 aliphatic heterocycles. The summed E-state index contributed by atoms with van der Waals surface area (Å²) in [6.45, 7) is 4.11. The monoisotopic (exact) mass is 249 g/mol. The predicted molar refractivity (Wildman–Crippen MR) is 68.5 cm³/mol. The van der Waals surface area contributed by atoms with E-state index in [0.29, 0.717) is 12.1 Å². The molecule has 0 aromatic heterocycles. The first-order valence-corrected chi connectivity index (χ1v) is 6.22. The number of benzene rings is 1. The van der Waals surface area contributed by atoms with Crippen molar-refractivity contribution in [2.45, 2.75) is 38.3 Å². The largest absolute Gasteiger partial charge is 0.508 e. The van der Waals surface area contributed by atoms with Crippen LogP contribution in [0.5, 0.6) is 5.75 Å². The lowest BCUT2D eigenvalue weighted by atomic mass is 9.96. The van der Waals surface area contributed by atoms with E-state index in [4.69, 9.17) is 0 Å². The highest BCUT2D eigenvalue weighted by atomic mass is 16.3. The molecule has 1 unspecified atom stereocenters. The molecule has 1 atom stereocenters. The lowest BCUT2D eigenvalue weighted by molar-refractivity contribution is 0.000329. The SMILES string of the molecule is CC(C)(O)C1CCCN1C(=O)c1cccc(O)c1. The van der Waals surface area contributed by atoms with Crippen molar-refractivity contribution < 1.29 is 15.0 Å². The Hall–Kier alpha value is -1.55. The van der Waals surface area contributed by atoms with Crippen LogP contribution in [0.3, 0.4) is 0 Å². The Kier molecular flexibility index (Phi) is 3.30. The van der Waals surface area contributed by atoms with Gasteiger partial charge in [-0.1, -0.05) is 6.07 Å². The minimum absolute atomic E-state index is 0.0832. The molecule has 2 N–H and O–H groups in total. The van der Waals surface area contributed by atoms with E-state index in [1.54, 1.807) is 30.9 Å². The molecule has 0 bridgehead atoms. The molecule has 4 nitrogen and oxygen atoms in total. The molecule has 18 heavy (non-hydrogen) atoms. The average molecular weight is 249 g/mol. The second kappa shape index (κ2) is 4.61. The molecule has 1 amide bonds. The average Bonchev–Trinajstić information content (AvgIpc) is 2.76. The zero-order valence-corrected chi connectivity index (χ0v) is 10.8. The maximum absolute atomic E-state index is 12.4. The Morgan fingerprint density at radius 1 is 1.44 bits per heavy atom. The van der Waals surface area contributed by atoms with Crippen molar-refractivity contribution in [1.29, 1.82) is 0 Å². The smallest absolute Gasteiger partial charge is 0.254 e. The number of nitrogens with zero attached hydrogens (tertiary/aromatic N) is 1. The summed E-state index contributed by atoms with van der Waals surface area (Å²) in [6.07, 6.45) is 1.72. The fourth-order valence-electron chi connectivity index (χ4n) is 2.55. The van der Waals surface area contributed by atoms with Crippen molar-refractivity contribution in [3.8, 4) is 5.75 Å². The molecule has 1 aromatic rings. The van der Waals surface area contributed by atoms with Crippen LogP contribution in [0.25, 0.3) is 0 Å². The van der Waals surface area contributed by atoms with E-state index in [-0.39, 0.29) is 17.7 Å². The fraction of sp³-hybridized carbons (Fsp3) is 0.500. The predicted octanol–water partition coefficient (Wildman–Crippen LogP) is 1.77. The second-order valence-corrected chi connectivity index (χ2v) is 5.36. The van der Waals surface area contributed by atoms with E-state index < -0.39 is 5.60 Å². The molecule has 1 saturated heterocycles. The van der Waals surface area contributed by atoms with Gasteiger partial charge in [-0.2, -0.15) is 0 Å². The number of aromatic hydroxyl groups is 1. The van der Waals surface area contributed by atoms with Crippen LogP contribution < -0.4 is 0 Å². The van der Waals surface area contributed by atoms with Gasteiger partial charge in [0.25, 0.3) is 5.91 Å². The van der Waals surface area contributed by atoms with Crippen LogP contribution in [0, 0.1) is 0 Å². The topological polar surface area (TPSA) is 60.8 Å². The first-order valence-electron chi connectivity index (χ1n) is 6.22. The van der Waals surface area contributed by atoms with Gasteiger partial charge in [0.2, 0.25) is 0 Å². The van der Waals surface area contributed by atoms with Crippen LogP contribution in [-0.4, -0.2) is 39.2 Å². The van der Waals surface area contributed by atoms with Crippen molar-refractivity contribution in [1.82, 2.24) is 4.90 Å². The molecule has 1 fully saturated rings. The summed E-state index contributed by atoms with van der Waals surface area (Å²) in [4.78, 5) is 14.1. The van der Waals surface area contributed by atoms with Crippen LogP contribution >= 0.6 is 0 Å². The summed E-state index contributed by atoms with van der Waals surface area (Å²) in [6, 6.07) is 6.17. The summed E-state index contributed by atoms with van der Waals surface area (Å²) < 4.78 is 0. The van der Waals surface area contributed by atoms with E-state index in [1.807, 2.05) is 0 Å². The standard InChI is InChI=1S/C14H19NO3/c1-14(2,18)12-7-4-8-15(12)13(17)10-5-3-6-11(16)9-10/h3,5-6,9,12,16,18H,4,7-8H2,1-2H3. The van der Waals surface area contributed by atoms with Gasteiger partial charge >= 0.3 is 0 Å². The zero-order valence-electron chi connectivity index (χ0n) is 10.8. The normalized spacial score (nSPS) is 20.2. The maximum Gasteiger partial charge on any atom is 0.254 e. The van der Waals surface area contributed by atoms with E-state index in [1.165, 1.54) is 12.1 Å². The third-order valence-electron chi connectivity index (χ3n) is 3.42. The molecular weight excluding hydrogens is 230 g/mol. The molecule has 0 aliphatic carbocycles. The lowest BCUT2D eigenvalue weighted by Crippen LogP contribution is -2.48. The third kappa shape index (κ3) is 2.48. The second-order valence-electron chi connectivity index (χ2n) is 5.36. The maximum atomic E-state index is 12.4. The third-order valence-corrected chi connectivity index (χ3v) is 3.42. The molecule has 98 valence electrons. The lowest BCUT2D eigenvalue weighted by Gasteiger charge is -2.33. The summed E-state index contributed by atoms with van der Waals surface area (Å²) in [5.41, 5.74) is -0.436. The number of carbonyl (C=O) groups excluding carboxylic acids is 1. The highest BCUT2D eigenvalue weighted by Crippen LogP contribution is 2.28. The minimum atomic E-state index is -0.900. The molecule has 0 saturated carbocycles. The van der Waals surface area contributed by atoms with Gasteiger partial charge in [0.05, 0.1) is 11.6 Å². The summed E-state index contributed by atoms with van der Waals surface area (Å²) in [5, 5.41) is 19.5. The molecule has 0 radical (unpaired) electrons. The van der Waals surface area contributed by atoms with Crippen LogP contribution in [0.4, 0.5) is 0 Å². The van der Waals surface area contributed by atoms with Crippen LogP contribution in [0.1, 0.15) is 37.0 Å². The number of phenols is 1. The highest BCUT2D eigenvalue weighted by Gasteiger charge is 2.38. The van der Waals surface area contributed by atoms with Crippen molar-refractivity contribution >= 4 is 5.91 Å². The first-order chi connectivity index (χ1) is 8.39. The van der Waals surface area contributed by atoms with Gasteiger partial charge in [-0.25, -0.2) is 0 Å². The Morgan fingerprint density at radius 3 is 2.78 bits per heavy atom. The van der Waals surface area contributed by atoms with Gasteiger partial charge in [-0.05, 0) is 44.9 Å². The van der Waals surface area contributed by atoms with Crippen molar-refractivity contribution in [3.63, 3.8) is 0 Å². The van der Waals surface area contributed by atoms with E-state index in [9.17, 15) is 15.0 Å². The Morgan fingerprint density at radius 2 is 2.17 bits per heavy atom. The Bertz CT molecular complexity index is 451. The molecule has 1 heterocycles. The zero-order chi connectivity index (χ0) is 13.3. The number of hydrogen-bond donors (Lipinski definition) is 2. The van der Waals surface area contributed by atoms with Gasteiger partial charge in [0.15, 0.2) is 0 Å². The fourth-order valence-corrected chi connectivity index (χ4v) is 2.55. The molecule has 1 aliphatic rings. The first kappa shape index (κ1) is 12.9. The Balaban J connectivity index is 2.23. The molecular formula is C14H19NO3. The molecule has 4 heteroatoms. The summed E-state index contributed by atoms with van der Waals surface area (Å²) in [5.74, 6) is -0.0459. The van der Waals surface area contributed by atoms with E-state index >= 15 is 0 Å². The highest BCUT2D eigenvalue weighted by molar-refractivity contribution is 5.95. The van der Waals surface area contributed by atoms with E-state index in [0.717, 1.165) is 12.8 Å². The summed E-state index contributed by atoms with van der Waals surface area (Å²) in [7, 11) is 0. The number of phenolic OH excluding ortho intramolecular Hbond substituents is 1. The number of aliphatic hydroxyl groups is 1. The number of likely N-dealkylation sites (tertiary alicyclic amines) is 1. The van der Waals surface area contributed by atoms with Crippen LogP contribution in [0.15, 0.2) is 24.3 Å². The number of rotatable bonds is 2. The van der Waals surface area contributed by atoms with Gasteiger partial charge in [0, 0.05) is 12.1 Å². The van der Waals surface area contributed by atoms with Gasteiger partial charge < -0.3 is 15.1 Å². The van der Waals surface area contributed by atoms with Crippen molar-refractivity contribution in [2.24, 2.45) is 0 Å². The van der Waals surface area contributed by atoms with Crippen molar-refractivity contribution in [3.05, 3.63) is 29.8 Å². The van der Waals surface area contributed by atoms with Crippen molar-refractivity contribution in [2.75, 3.05) is 6.54 Å². The molecule has 1 aromatic carbocycles. The Labute approximate surface area is 107 Å². The minimum Gasteiger partial charge on any atom is -0.508 e. The van der Waals surface area contributed by atoms with Crippen LogP contribution in [-0.2, 0) is 0 Å². The number of carbonyl (C=O) groups is 1. The number of hydrogen-bond acceptors (Lipinski definition) is 3. The van der Waals surface area contributed by atoms with Gasteiger partial charge in [-0.3, -0.25) is 4.79 Å². The molecule has 2 rings (SSSR count). The molecule has 0 spiro atoms. The quantitative estimate of drug-likeness (QED) is 0.839. The van der Waals surface area contributed by atoms with Crippen LogP contribution in [0.2, 0.25) is 0 Å². The number of amides is 1.